The van der Waals surface area contributed by atoms with Crippen LogP contribution in [-0.2, 0) is 4.79 Å². The predicted molar refractivity (Wildman–Crippen MR) is 87.6 cm³/mol. The van der Waals surface area contributed by atoms with Gasteiger partial charge in [0.1, 0.15) is 0 Å². The Morgan fingerprint density at radius 3 is 2.32 bits per heavy atom. The van der Waals surface area contributed by atoms with Crippen molar-refractivity contribution >= 4 is 24.0 Å². The van der Waals surface area contributed by atoms with Crippen molar-refractivity contribution in [3.05, 3.63) is 12.1 Å². The van der Waals surface area contributed by atoms with E-state index in [1.165, 1.54) is 0 Å². The highest BCUT2D eigenvalue weighted by Crippen LogP contribution is 2.39. The number of rotatable bonds is 6. The van der Waals surface area contributed by atoms with Crippen molar-refractivity contribution in [3.8, 4) is 17.2 Å². The molecule has 1 amide bonds. The van der Waals surface area contributed by atoms with Crippen molar-refractivity contribution in [2.45, 2.75) is 25.3 Å². The first-order valence-corrected chi connectivity index (χ1v) is 7.01. The maximum atomic E-state index is 12.1. The number of carbonyl (C=O) groups is 1. The lowest BCUT2D eigenvalue weighted by Gasteiger charge is -2.15. The van der Waals surface area contributed by atoms with Gasteiger partial charge in [-0.25, -0.2) is 0 Å². The number of hydrogen-bond donors (Lipinski definition) is 2. The van der Waals surface area contributed by atoms with Gasteiger partial charge in [-0.1, -0.05) is 0 Å². The second-order valence-electron chi connectivity index (χ2n) is 4.96. The Bertz CT molecular complexity index is 479. The van der Waals surface area contributed by atoms with Gasteiger partial charge in [0.15, 0.2) is 11.5 Å². The molecule has 0 bridgehead atoms. The van der Waals surface area contributed by atoms with E-state index >= 15 is 0 Å². The molecular formula is C15H23ClN2O4. The fraction of sp³-hybridized carbons (Fsp3) is 0.533. The number of amides is 1. The molecule has 6 nitrogen and oxygen atoms in total. The minimum atomic E-state index is -0.0244. The fourth-order valence-corrected chi connectivity index (χ4v) is 2.52. The Balaban J connectivity index is 0.00000242. The zero-order valence-corrected chi connectivity index (χ0v) is 13.9. The van der Waals surface area contributed by atoms with Crippen LogP contribution >= 0.6 is 12.4 Å². The zero-order valence-electron chi connectivity index (χ0n) is 13.1. The third-order valence-corrected chi connectivity index (χ3v) is 3.54. The molecule has 1 aromatic rings. The Morgan fingerprint density at radius 2 is 1.86 bits per heavy atom. The first-order valence-electron chi connectivity index (χ1n) is 7.01. The van der Waals surface area contributed by atoms with Gasteiger partial charge in [-0.05, 0) is 19.4 Å². The van der Waals surface area contributed by atoms with E-state index in [2.05, 4.69) is 10.6 Å². The molecule has 124 valence electrons. The van der Waals surface area contributed by atoms with Gasteiger partial charge in [-0.15, -0.1) is 12.4 Å². The first-order chi connectivity index (χ1) is 10.2. The number of carbonyl (C=O) groups excluding carboxylic acids is 1. The van der Waals surface area contributed by atoms with Crippen LogP contribution in [0.4, 0.5) is 5.69 Å². The molecule has 0 saturated carbocycles. The summed E-state index contributed by atoms with van der Waals surface area (Å²) in [4.78, 5) is 12.1. The van der Waals surface area contributed by atoms with E-state index in [-0.39, 0.29) is 24.4 Å². The van der Waals surface area contributed by atoms with E-state index in [1.54, 1.807) is 33.5 Å². The quantitative estimate of drug-likeness (QED) is 0.837. The number of anilines is 1. The van der Waals surface area contributed by atoms with E-state index < -0.39 is 0 Å². The molecule has 1 aliphatic heterocycles. The normalized spacial score (nSPS) is 16.6. The second kappa shape index (κ2) is 8.70. The van der Waals surface area contributed by atoms with Gasteiger partial charge >= 0.3 is 0 Å². The molecule has 1 saturated heterocycles. The molecule has 1 fully saturated rings. The van der Waals surface area contributed by atoms with Gasteiger partial charge in [0.05, 0.1) is 21.3 Å². The average molecular weight is 331 g/mol. The summed E-state index contributed by atoms with van der Waals surface area (Å²) < 4.78 is 15.8. The van der Waals surface area contributed by atoms with Gasteiger partial charge in [0.25, 0.3) is 0 Å². The summed E-state index contributed by atoms with van der Waals surface area (Å²) in [7, 11) is 4.64. The average Bonchev–Trinajstić information content (AvgIpc) is 2.98. The van der Waals surface area contributed by atoms with Gasteiger partial charge in [-0.2, -0.15) is 0 Å². The fourth-order valence-electron chi connectivity index (χ4n) is 2.52. The summed E-state index contributed by atoms with van der Waals surface area (Å²) in [6.45, 7) is 0.988. The molecule has 2 N–H and O–H groups in total. The van der Waals surface area contributed by atoms with E-state index in [0.717, 1.165) is 19.4 Å². The van der Waals surface area contributed by atoms with Crippen molar-refractivity contribution in [1.29, 1.82) is 0 Å². The van der Waals surface area contributed by atoms with Crippen LogP contribution in [0.15, 0.2) is 12.1 Å². The predicted octanol–water partition coefficient (Wildman–Crippen LogP) is 2.21. The Kier molecular flexibility index (Phi) is 7.27. The number of hydrogen-bond acceptors (Lipinski definition) is 5. The van der Waals surface area contributed by atoms with Gasteiger partial charge < -0.3 is 24.8 Å². The lowest BCUT2D eigenvalue weighted by molar-refractivity contribution is -0.116. The molecule has 1 atom stereocenters. The lowest BCUT2D eigenvalue weighted by Crippen LogP contribution is -2.27. The lowest BCUT2D eigenvalue weighted by atomic mass is 10.1. The van der Waals surface area contributed by atoms with Crippen molar-refractivity contribution < 1.29 is 19.0 Å². The summed E-state index contributed by atoms with van der Waals surface area (Å²) >= 11 is 0. The first kappa shape index (κ1) is 18.4. The highest BCUT2D eigenvalue weighted by molar-refractivity contribution is 5.92. The van der Waals surface area contributed by atoms with Gasteiger partial charge in [0, 0.05) is 30.3 Å². The molecule has 7 heteroatoms. The molecule has 0 radical (unpaired) electrons. The minimum Gasteiger partial charge on any atom is -0.493 e. The number of benzene rings is 1. The van der Waals surface area contributed by atoms with E-state index in [4.69, 9.17) is 14.2 Å². The molecule has 0 spiro atoms. The van der Waals surface area contributed by atoms with Gasteiger partial charge in [-0.3, -0.25) is 4.79 Å². The number of ether oxygens (including phenoxy) is 3. The third-order valence-electron chi connectivity index (χ3n) is 3.54. The molecule has 1 aromatic carbocycles. The topological polar surface area (TPSA) is 68.8 Å². The summed E-state index contributed by atoms with van der Waals surface area (Å²) in [6, 6.07) is 3.72. The number of methoxy groups -OCH3 is 3. The van der Waals surface area contributed by atoms with E-state index in [1.807, 2.05) is 0 Å². The summed E-state index contributed by atoms with van der Waals surface area (Å²) in [5, 5.41) is 6.18. The summed E-state index contributed by atoms with van der Waals surface area (Å²) in [5.41, 5.74) is 0.632. The number of halogens is 1. The molecule has 0 aromatic heterocycles. The van der Waals surface area contributed by atoms with E-state index in [0.29, 0.717) is 29.4 Å². The van der Waals surface area contributed by atoms with Crippen molar-refractivity contribution in [1.82, 2.24) is 5.32 Å². The van der Waals surface area contributed by atoms with Crippen LogP contribution in [0, 0.1) is 0 Å². The van der Waals surface area contributed by atoms with Crippen LogP contribution in [0.1, 0.15) is 19.3 Å². The molecule has 1 aliphatic rings. The molecule has 2 rings (SSSR count). The molecule has 0 aliphatic carbocycles. The SMILES string of the molecule is COc1cc(NC(=O)CC2CCCN2)cc(OC)c1OC.Cl. The summed E-state index contributed by atoms with van der Waals surface area (Å²) in [6.07, 6.45) is 2.64. The van der Waals surface area contributed by atoms with Crippen molar-refractivity contribution in [2.75, 3.05) is 33.2 Å². The molecule has 22 heavy (non-hydrogen) atoms. The third kappa shape index (κ3) is 4.42. The van der Waals surface area contributed by atoms with Crippen LogP contribution in [0.2, 0.25) is 0 Å². The minimum absolute atomic E-state index is 0. The Morgan fingerprint density at radius 1 is 1.23 bits per heavy atom. The monoisotopic (exact) mass is 330 g/mol. The van der Waals surface area contributed by atoms with Crippen LogP contribution in [0.5, 0.6) is 17.2 Å². The summed E-state index contributed by atoms with van der Waals surface area (Å²) in [5.74, 6) is 1.52. The molecular weight excluding hydrogens is 308 g/mol. The number of nitrogens with one attached hydrogen (secondary N) is 2. The largest absolute Gasteiger partial charge is 0.493 e. The van der Waals surface area contributed by atoms with Crippen LogP contribution < -0.4 is 24.8 Å². The van der Waals surface area contributed by atoms with E-state index in [9.17, 15) is 4.79 Å². The van der Waals surface area contributed by atoms with Crippen LogP contribution in [-0.4, -0.2) is 39.8 Å². The standard InChI is InChI=1S/C15H22N2O4.ClH/c1-19-12-7-11(8-13(20-2)15(12)21-3)17-14(18)9-10-5-4-6-16-10;/h7-8,10,16H,4-6,9H2,1-3H3,(H,17,18);1H. The maximum Gasteiger partial charge on any atom is 0.225 e. The Hall–Kier alpha value is -1.66. The molecule has 1 unspecified atom stereocenters. The highest BCUT2D eigenvalue weighted by Gasteiger charge is 2.19. The van der Waals surface area contributed by atoms with Crippen molar-refractivity contribution in [3.63, 3.8) is 0 Å². The van der Waals surface area contributed by atoms with Crippen molar-refractivity contribution in [2.24, 2.45) is 0 Å². The zero-order chi connectivity index (χ0) is 15.2. The van der Waals surface area contributed by atoms with Crippen LogP contribution in [0.3, 0.4) is 0 Å². The second-order valence-corrected chi connectivity index (χ2v) is 4.96. The maximum absolute atomic E-state index is 12.1. The smallest absolute Gasteiger partial charge is 0.225 e. The van der Waals surface area contributed by atoms with Crippen LogP contribution in [0.25, 0.3) is 0 Å². The van der Waals surface area contributed by atoms with Gasteiger partial charge in [0.2, 0.25) is 11.7 Å². The molecule has 1 heterocycles. The highest BCUT2D eigenvalue weighted by atomic mass is 35.5. The Labute approximate surface area is 136 Å².